The molecule has 0 saturated carbocycles. The van der Waals surface area contributed by atoms with Crippen molar-refractivity contribution in [3.8, 4) is 11.8 Å². The second-order valence-corrected chi connectivity index (χ2v) is 9.23. The first kappa shape index (κ1) is 29.4. The molecular formula is C27H43N3O4. The number of unbranched alkanes of at least 4 members (excludes halogenated alkanes) is 12. The summed E-state index contributed by atoms with van der Waals surface area (Å²) in [6.07, 6.45) is 19.4. The number of anilines is 1. The maximum Gasteiger partial charge on any atom is 0.300 e. The van der Waals surface area contributed by atoms with E-state index in [1.165, 1.54) is 89.2 Å². The molecule has 7 nitrogen and oxygen atoms in total. The lowest BCUT2D eigenvalue weighted by molar-refractivity contribution is -0.392. The summed E-state index contributed by atoms with van der Waals surface area (Å²) >= 11 is 0. The Morgan fingerprint density at radius 3 is 1.50 bits per heavy atom. The summed E-state index contributed by atoms with van der Waals surface area (Å²) in [5.74, 6) is 6.45. The Bertz CT molecular complexity index is 779. The van der Waals surface area contributed by atoms with Crippen LogP contribution < -0.4 is 5.73 Å². The smallest absolute Gasteiger partial charge is 0.300 e. The molecule has 190 valence electrons. The molecular weight excluding hydrogens is 430 g/mol. The largest absolute Gasteiger partial charge is 0.387 e. The molecule has 0 bridgehead atoms. The molecule has 0 aliphatic heterocycles. The van der Waals surface area contributed by atoms with Gasteiger partial charge in [-0.05, 0) is 12.8 Å². The lowest BCUT2D eigenvalue weighted by Gasteiger charge is -2.11. The van der Waals surface area contributed by atoms with Crippen LogP contribution in [0.2, 0.25) is 0 Å². The van der Waals surface area contributed by atoms with Gasteiger partial charge in [-0.15, -0.1) is 0 Å². The number of nitro groups is 2. The van der Waals surface area contributed by atoms with Gasteiger partial charge in [-0.25, -0.2) is 0 Å². The molecule has 1 unspecified atom stereocenters. The van der Waals surface area contributed by atoms with Gasteiger partial charge in [0.1, 0.15) is 0 Å². The lowest BCUT2D eigenvalue weighted by atomic mass is 9.94. The second-order valence-electron chi connectivity index (χ2n) is 9.23. The average molecular weight is 474 g/mol. The molecule has 1 atom stereocenters. The molecule has 1 aromatic rings. The van der Waals surface area contributed by atoms with Gasteiger partial charge in [-0.2, -0.15) is 0 Å². The molecule has 0 aliphatic rings. The molecule has 34 heavy (non-hydrogen) atoms. The zero-order valence-electron chi connectivity index (χ0n) is 21.2. The number of hydrogen-bond donors (Lipinski definition) is 1. The summed E-state index contributed by atoms with van der Waals surface area (Å²) in [6, 6.07) is 2.49. The van der Waals surface area contributed by atoms with Crippen molar-refractivity contribution in [3.63, 3.8) is 0 Å². The van der Waals surface area contributed by atoms with Gasteiger partial charge >= 0.3 is 0 Å². The predicted octanol–water partition coefficient (Wildman–Crippen LogP) is 8.33. The Balaban J connectivity index is 2.78. The zero-order chi connectivity index (χ0) is 25.2. The van der Waals surface area contributed by atoms with Crippen molar-refractivity contribution in [1.82, 2.24) is 0 Å². The maximum absolute atomic E-state index is 11.3. The van der Waals surface area contributed by atoms with Crippen LogP contribution in [0, 0.1) is 38.0 Å². The topological polar surface area (TPSA) is 112 Å². The van der Waals surface area contributed by atoms with Gasteiger partial charge in [-0.3, -0.25) is 20.2 Å². The fourth-order valence-electron chi connectivity index (χ4n) is 4.17. The fraction of sp³-hybridized carbons (Fsp3) is 0.704. The van der Waals surface area contributed by atoms with E-state index in [9.17, 15) is 20.2 Å². The predicted molar refractivity (Wildman–Crippen MR) is 140 cm³/mol. The highest BCUT2D eigenvalue weighted by Crippen LogP contribution is 2.32. The van der Waals surface area contributed by atoms with Crippen LogP contribution in [0.25, 0.3) is 0 Å². The summed E-state index contributed by atoms with van der Waals surface area (Å²) < 4.78 is 0. The number of nitrogen functional groups attached to an aromatic ring is 1. The minimum absolute atomic E-state index is 0.196. The van der Waals surface area contributed by atoms with E-state index in [1.54, 1.807) is 0 Å². The van der Waals surface area contributed by atoms with E-state index in [-0.39, 0.29) is 11.5 Å². The van der Waals surface area contributed by atoms with Gasteiger partial charge in [0.2, 0.25) is 0 Å². The summed E-state index contributed by atoms with van der Waals surface area (Å²) in [7, 11) is 0. The molecule has 1 aromatic carbocycles. The monoisotopic (exact) mass is 473 g/mol. The number of nitrogens with two attached hydrogens (primary N) is 1. The minimum Gasteiger partial charge on any atom is -0.387 e. The van der Waals surface area contributed by atoms with Crippen LogP contribution in [-0.4, -0.2) is 9.85 Å². The quantitative estimate of drug-likeness (QED) is 0.0756. The van der Waals surface area contributed by atoms with E-state index in [0.29, 0.717) is 0 Å². The van der Waals surface area contributed by atoms with Gasteiger partial charge < -0.3 is 5.73 Å². The molecule has 0 aliphatic carbocycles. The van der Waals surface area contributed by atoms with Crippen molar-refractivity contribution < 1.29 is 9.85 Å². The standard InChI is InChI=1S/C27H43N3O4/c1-3-5-7-9-11-12-14-16-18-23(17-15-13-10-8-6-4-2)19-20-24-21-25(29(31)32)27(28)26(22-24)30(33)34/h21-23H,3-18,28H2,1-2H3. The Morgan fingerprint density at radius 1 is 0.735 bits per heavy atom. The highest BCUT2D eigenvalue weighted by Gasteiger charge is 2.23. The van der Waals surface area contributed by atoms with Gasteiger partial charge in [-0.1, -0.05) is 116 Å². The number of rotatable bonds is 18. The number of nitro benzene ring substituents is 2. The molecule has 0 saturated heterocycles. The van der Waals surface area contributed by atoms with Crippen molar-refractivity contribution in [2.45, 2.75) is 117 Å². The molecule has 0 aromatic heterocycles. The Kier molecular flexibility index (Phi) is 15.4. The first-order valence-corrected chi connectivity index (χ1v) is 13.1. The van der Waals surface area contributed by atoms with E-state index in [4.69, 9.17) is 5.73 Å². The molecule has 0 amide bonds. The first-order chi connectivity index (χ1) is 16.4. The minimum atomic E-state index is -0.693. The SMILES string of the molecule is CCCCCCCCCCC(C#Cc1cc([N+](=O)[O-])c(N)c([N+](=O)[O-])c1)CCCCCCCC. The highest BCUT2D eigenvalue weighted by atomic mass is 16.6. The zero-order valence-corrected chi connectivity index (χ0v) is 21.2. The summed E-state index contributed by atoms with van der Waals surface area (Å²) in [5, 5.41) is 22.6. The number of hydrogen-bond acceptors (Lipinski definition) is 5. The third-order valence-corrected chi connectivity index (χ3v) is 6.26. The van der Waals surface area contributed by atoms with Crippen molar-refractivity contribution in [3.05, 3.63) is 37.9 Å². The number of benzene rings is 1. The maximum atomic E-state index is 11.3. The van der Waals surface area contributed by atoms with Crippen LogP contribution in [0.1, 0.15) is 122 Å². The molecule has 0 fully saturated rings. The Morgan fingerprint density at radius 2 is 1.12 bits per heavy atom. The summed E-state index contributed by atoms with van der Waals surface area (Å²) in [5.41, 5.74) is 4.55. The van der Waals surface area contributed by atoms with Crippen LogP contribution in [0.3, 0.4) is 0 Å². The molecule has 2 N–H and O–H groups in total. The molecule has 0 radical (unpaired) electrons. The average Bonchev–Trinajstić information content (AvgIpc) is 2.81. The van der Waals surface area contributed by atoms with Crippen molar-refractivity contribution in [2.24, 2.45) is 5.92 Å². The van der Waals surface area contributed by atoms with Gasteiger partial charge in [0.05, 0.1) is 9.85 Å². The summed E-state index contributed by atoms with van der Waals surface area (Å²) in [4.78, 5) is 21.2. The van der Waals surface area contributed by atoms with E-state index in [0.717, 1.165) is 25.7 Å². The fourth-order valence-corrected chi connectivity index (χ4v) is 4.17. The van der Waals surface area contributed by atoms with Gasteiger partial charge in [0, 0.05) is 23.6 Å². The highest BCUT2D eigenvalue weighted by molar-refractivity contribution is 5.73. The first-order valence-electron chi connectivity index (χ1n) is 13.1. The summed E-state index contributed by atoms with van der Waals surface area (Å²) in [6.45, 7) is 4.44. The van der Waals surface area contributed by atoms with Crippen LogP contribution in [0.5, 0.6) is 0 Å². The van der Waals surface area contributed by atoms with Gasteiger partial charge in [0.25, 0.3) is 11.4 Å². The van der Waals surface area contributed by atoms with Gasteiger partial charge in [0.15, 0.2) is 5.69 Å². The molecule has 0 heterocycles. The van der Waals surface area contributed by atoms with E-state index in [1.807, 2.05) is 0 Å². The third kappa shape index (κ3) is 12.0. The third-order valence-electron chi connectivity index (χ3n) is 6.26. The van der Waals surface area contributed by atoms with Crippen LogP contribution in [-0.2, 0) is 0 Å². The van der Waals surface area contributed by atoms with E-state index in [2.05, 4.69) is 25.7 Å². The van der Waals surface area contributed by atoms with Crippen LogP contribution >= 0.6 is 0 Å². The van der Waals surface area contributed by atoms with Crippen molar-refractivity contribution >= 4 is 17.1 Å². The van der Waals surface area contributed by atoms with E-state index < -0.39 is 26.9 Å². The Hall–Kier alpha value is -2.62. The lowest BCUT2D eigenvalue weighted by Crippen LogP contribution is -2.02. The molecule has 0 spiro atoms. The van der Waals surface area contributed by atoms with Crippen molar-refractivity contribution in [2.75, 3.05) is 5.73 Å². The van der Waals surface area contributed by atoms with Crippen LogP contribution in [0.15, 0.2) is 12.1 Å². The van der Waals surface area contributed by atoms with Crippen LogP contribution in [0.4, 0.5) is 17.1 Å². The van der Waals surface area contributed by atoms with Crippen molar-refractivity contribution in [1.29, 1.82) is 0 Å². The Labute approximate surface area is 205 Å². The number of nitrogens with zero attached hydrogens (tertiary/aromatic N) is 2. The normalized spacial score (nSPS) is 11.6. The van der Waals surface area contributed by atoms with E-state index >= 15 is 0 Å². The molecule has 7 heteroatoms. The second kappa shape index (κ2) is 17.8. The molecule has 1 rings (SSSR count).